The second-order valence-electron chi connectivity index (χ2n) is 8.99. The normalized spacial score (nSPS) is 23.7. The molecule has 3 rings (SSSR count). The Kier molecular flexibility index (Phi) is 6.31. The van der Waals surface area contributed by atoms with Crippen molar-refractivity contribution in [2.75, 3.05) is 13.2 Å². The van der Waals surface area contributed by atoms with Gasteiger partial charge in [-0.05, 0) is 57.2 Å². The molecular formula is C21H27F2NO7. The molecule has 1 aromatic carbocycles. The molecule has 10 heteroatoms. The largest absolute Gasteiger partial charge is 0.489 e. The van der Waals surface area contributed by atoms with Gasteiger partial charge in [-0.25, -0.2) is 9.59 Å². The number of aliphatic carboxylic acids is 1. The van der Waals surface area contributed by atoms with E-state index in [4.69, 9.17) is 9.47 Å². The highest BCUT2D eigenvalue weighted by atomic mass is 19.3. The number of benzene rings is 1. The third-order valence-corrected chi connectivity index (χ3v) is 5.12. The molecule has 1 aliphatic carbocycles. The lowest BCUT2D eigenvalue weighted by atomic mass is 9.91. The fourth-order valence-corrected chi connectivity index (χ4v) is 3.42. The summed E-state index contributed by atoms with van der Waals surface area (Å²) in [5.74, 6) is -1.10. The highest BCUT2D eigenvalue weighted by Gasteiger charge is 2.50. The number of carboxylic acids is 1. The van der Waals surface area contributed by atoms with Gasteiger partial charge in [0.2, 0.25) is 0 Å². The number of amides is 1. The number of aliphatic hydroxyl groups is 1. The van der Waals surface area contributed by atoms with E-state index in [2.05, 4.69) is 4.74 Å². The van der Waals surface area contributed by atoms with Gasteiger partial charge in [-0.3, -0.25) is 4.90 Å². The van der Waals surface area contributed by atoms with E-state index < -0.39 is 35.9 Å². The summed E-state index contributed by atoms with van der Waals surface area (Å²) >= 11 is 0. The second kappa shape index (κ2) is 8.49. The number of nitrogens with zero attached hydrogens (tertiary/aromatic N) is 1. The molecule has 0 bridgehead atoms. The van der Waals surface area contributed by atoms with E-state index in [0.29, 0.717) is 12.5 Å². The van der Waals surface area contributed by atoms with Crippen LogP contribution in [0.25, 0.3) is 0 Å². The fourth-order valence-electron chi connectivity index (χ4n) is 3.42. The van der Waals surface area contributed by atoms with E-state index in [-0.39, 0.29) is 30.0 Å². The number of rotatable bonds is 7. The van der Waals surface area contributed by atoms with Crippen molar-refractivity contribution >= 4 is 12.1 Å². The minimum atomic E-state index is -3.05. The molecule has 1 saturated heterocycles. The molecule has 172 valence electrons. The molecule has 2 N–H and O–H groups in total. The molecule has 1 saturated carbocycles. The van der Waals surface area contributed by atoms with E-state index in [0.717, 1.165) is 17.7 Å². The van der Waals surface area contributed by atoms with Crippen LogP contribution in [0.4, 0.5) is 13.6 Å². The third kappa shape index (κ3) is 5.75. The fraction of sp³-hybridized carbons (Fsp3) is 0.619. The molecule has 1 aliphatic heterocycles. The van der Waals surface area contributed by atoms with E-state index >= 15 is 0 Å². The van der Waals surface area contributed by atoms with Crippen molar-refractivity contribution in [2.45, 2.75) is 63.9 Å². The Bertz CT molecular complexity index is 838. The number of carbonyl (C=O) groups is 2. The first-order valence-electron chi connectivity index (χ1n) is 10.0. The molecule has 1 amide bonds. The minimum absolute atomic E-state index is 0.0284. The highest BCUT2D eigenvalue weighted by Crippen LogP contribution is 2.41. The number of hydrogen-bond acceptors (Lipinski definition) is 6. The van der Waals surface area contributed by atoms with Crippen LogP contribution in [0.15, 0.2) is 18.2 Å². The number of halogens is 2. The molecule has 0 aromatic heterocycles. The maximum Gasteiger partial charge on any atom is 0.411 e. The van der Waals surface area contributed by atoms with Gasteiger partial charge >= 0.3 is 18.7 Å². The minimum Gasteiger partial charge on any atom is -0.489 e. The molecule has 2 fully saturated rings. The Morgan fingerprint density at radius 2 is 1.94 bits per heavy atom. The first kappa shape index (κ1) is 23.1. The van der Waals surface area contributed by atoms with Crippen molar-refractivity contribution in [1.29, 1.82) is 0 Å². The van der Waals surface area contributed by atoms with Crippen molar-refractivity contribution in [3.05, 3.63) is 23.8 Å². The van der Waals surface area contributed by atoms with Crippen molar-refractivity contribution in [3.63, 3.8) is 0 Å². The van der Waals surface area contributed by atoms with Crippen LogP contribution in [-0.2, 0) is 15.1 Å². The first-order chi connectivity index (χ1) is 14.4. The number of carbonyl (C=O) groups excluding carboxylic acids is 1. The Morgan fingerprint density at radius 1 is 1.26 bits per heavy atom. The summed E-state index contributed by atoms with van der Waals surface area (Å²) in [6, 6.07) is 2.65. The van der Waals surface area contributed by atoms with Crippen LogP contribution in [-0.4, -0.2) is 58.6 Å². The summed E-state index contributed by atoms with van der Waals surface area (Å²) in [6.07, 6.45) is 0.817. The van der Waals surface area contributed by atoms with Gasteiger partial charge in [0.05, 0.1) is 13.2 Å². The first-order valence-corrected chi connectivity index (χ1v) is 10.0. The van der Waals surface area contributed by atoms with Gasteiger partial charge in [-0.15, -0.1) is 0 Å². The molecule has 0 spiro atoms. The van der Waals surface area contributed by atoms with Crippen molar-refractivity contribution < 1.29 is 42.8 Å². The van der Waals surface area contributed by atoms with E-state index in [1.807, 2.05) is 0 Å². The standard InChI is InChI=1S/C21H27F2NO7/c1-20(2,3)31-19(27)24-11-21(28,9-14(24)17(25)26)13-6-7-15(30-18(22)23)16(8-13)29-10-12-4-5-12/h6-8,12,14,18,28H,4-5,9-11H2,1-3H3,(H,25,26)/t14-,21-/m1/s1. The molecule has 1 heterocycles. The predicted octanol–water partition coefficient (Wildman–Crippen LogP) is 3.36. The van der Waals surface area contributed by atoms with Gasteiger partial charge < -0.3 is 24.4 Å². The summed E-state index contributed by atoms with van der Waals surface area (Å²) in [7, 11) is 0. The van der Waals surface area contributed by atoms with Crippen LogP contribution in [0.3, 0.4) is 0 Å². The predicted molar refractivity (Wildman–Crippen MR) is 104 cm³/mol. The van der Waals surface area contributed by atoms with Crippen molar-refractivity contribution in [2.24, 2.45) is 5.92 Å². The van der Waals surface area contributed by atoms with E-state index in [9.17, 15) is 28.6 Å². The summed E-state index contributed by atoms with van der Waals surface area (Å²) < 4.78 is 40.9. The summed E-state index contributed by atoms with van der Waals surface area (Å²) in [5.41, 5.74) is -2.35. The van der Waals surface area contributed by atoms with Crippen molar-refractivity contribution in [1.82, 2.24) is 4.90 Å². The van der Waals surface area contributed by atoms with Gasteiger partial charge in [0.1, 0.15) is 17.2 Å². The summed E-state index contributed by atoms with van der Waals surface area (Å²) in [5, 5.41) is 20.8. The Morgan fingerprint density at radius 3 is 2.48 bits per heavy atom. The lowest BCUT2D eigenvalue weighted by molar-refractivity contribution is -0.142. The quantitative estimate of drug-likeness (QED) is 0.666. The molecule has 1 aromatic rings. The van der Waals surface area contributed by atoms with Crippen LogP contribution in [0, 0.1) is 5.92 Å². The SMILES string of the molecule is CC(C)(C)OC(=O)N1C[C@@](O)(c2ccc(OC(F)F)c(OCC3CC3)c2)C[C@@H]1C(=O)O. The van der Waals surface area contributed by atoms with Gasteiger partial charge in [0.25, 0.3) is 0 Å². The molecule has 2 atom stereocenters. The van der Waals surface area contributed by atoms with E-state index in [1.165, 1.54) is 18.2 Å². The summed E-state index contributed by atoms with van der Waals surface area (Å²) in [6.45, 7) is 1.87. The van der Waals surface area contributed by atoms with Crippen LogP contribution in [0.5, 0.6) is 11.5 Å². The van der Waals surface area contributed by atoms with Crippen molar-refractivity contribution in [3.8, 4) is 11.5 Å². The van der Waals surface area contributed by atoms with E-state index in [1.54, 1.807) is 20.8 Å². The van der Waals surface area contributed by atoms with Crippen LogP contribution in [0.2, 0.25) is 0 Å². The second-order valence-corrected chi connectivity index (χ2v) is 8.99. The van der Waals surface area contributed by atoms with Gasteiger partial charge in [0.15, 0.2) is 11.5 Å². The zero-order valence-corrected chi connectivity index (χ0v) is 17.6. The van der Waals surface area contributed by atoms with Gasteiger partial charge in [-0.1, -0.05) is 6.07 Å². The maximum atomic E-state index is 12.8. The van der Waals surface area contributed by atoms with Gasteiger partial charge in [-0.2, -0.15) is 8.78 Å². The van der Waals surface area contributed by atoms with Crippen LogP contribution >= 0.6 is 0 Å². The monoisotopic (exact) mass is 443 g/mol. The maximum absolute atomic E-state index is 12.8. The number of alkyl halides is 2. The Balaban J connectivity index is 1.87. The average Bonchev–Trinajstić information content (AvgIpc) is 3.39. The molecular weight excluding hydrogens is 416 g/mol. The average molecular weight is 443 g/mol. The Labute approximate surface area is 178 Å². The Hall–Kier alpha value is -2.62. The third-order valence-electron chi connectivity index (χ3n) is 5.12. The number of hydrogen-bond donors (Lipinski definition) is 2. The molecule has 31 heavy (non-hydrogen) atoms. The van der Waals surface area contributed by atoms with Crippen LogP contribution in [0.1, 0.15) is 45.6 Å². The van der Waals surface area contributed by atoms with Gasteiger partial charge in [0, 0.05) is 6.42 Å². The highest BCUT2D eigenvalue weighted by molar-refractivity contribution is 5.81. The smallest absolute Gasteiger partial charge is 0.411 e. The molecule has 8 nitrogen and oxygen atoms in total. The molecule has 0 unspecified atom stereocenters. The molecule has 0 radical (unpaired) electrons. The zero-order chi connectivity index (χ0) is 23.0. The lowest BCUT2D eigenvalue weighted by Gasteiger charge is -2.28. The van der Waals surface area contributed by atoms with Crippen LogP contribution < -0.4 is 9.47 Å². The number of β-amino-alcohol motifs (C(OH)–C–C–N with tert-alkyl or cyclic N) is 1. The number of ether oxygens (including phenoxy) is 3. The topological polar surface area (TPSA) is 106 Å². The number of carboxylic acid groups (broad SMARTS) is 1. The number of likely N-dealkylation sites (tertiary alicyclic amines) is 1. The molecule has 2 aliphatic rings. The lowest BCUT2D eigenvalue weighted by Crippen LogP contribution is -2.43. The summed E-state index contributed by atoms with van der Waals surface area (Å²) in [4.78, 5) is 25.2. The zero-order valence-electron chi connectivity index (χ0n) is 17.6.